The molecule has 1 rings (SSSR count). The summed E-state index contributed by atoms with van der Waals surface area (Å²) < 4.78 is 27.9. The Morgan fingerprint density at radius 1 is 1.43 bits per heavy atom. The number of primary sulfonamides is 1. The van der Waals surface area contributed by atoms with E-state index in [-0.39, 0.29) is 15.5 Å². The van der Waals surface area contributed by atoms with Crippen LogP contribution in [-0.4, -0.2) is 33.6 Å². The third kappa shape index (κ3) is 4.67. The summed E-state index contributed by atoms with van der Waals surface area (Å²) in [6.45, 7) is 5.51. The number of carbonyl (C=O) groups is 1. The number of halogens is 1. The molecule has 0 aromatic heterocycles. The minimum atomic E-state index is -3.94. The second kappa shape index (κ2) is 6.31. The summed E-state index contributed by atoms with van der Waals surface area (Å²) in [5.74, 6) is -0.443. The summed E-state index contributed by atoms with van der Waals surface area (Å²) in [6.07, 6.45) is 0. The quantitative estimate of drug-likeness (QED) is 0.851. The summed E-state index contributed by atoms with van der Waals surface area (Å²) in [6, 6.07) is 2.44. The van der Waals surface area contributed by atoms with Gasteiger partial charge in [-0.25, -0.2) is 13.6 Å². The van der Waals surface area contributed by atoms with Gasteiger partial charge < -0.3 is 10.1 Å². The number of nitrogens with two attached hydrogens (primary N) is 1. The van der Waals surface area contributed by atoms with Gasteiger partial charge in [0.05, 0.1) is 17.0 Å². The van der Waals surface area contributed by atoms with Gasteiger partial charge in [-0.2, -0.15) is 0 Å². The number of methoxy groups -OCH3 is 1. The van der Waals surface area contributed by atoms with Crippen LogP contribution in [0.2, 0.25) is 5.02 Å². The SMILES string of the molecule is COCC(C)(C)NC(=O)c1cc(S(N)(=O)=O)cc(Cl)c1C. The molecule has 0 unspecified atom stereocenters. The molecule has 0 saturated carbocycles. The monoisotopic (exact) mass is 334 g/mol. The maximum atomic E-state index is 12.3. The molecule has 6 nitrogen and oxygen atoms in total. The average molecular weight is 335 g/mol. The van der Waals surface area contributed by atoms with Gasteiger partial charge in [-0.05, 0) is 38.5 Å². The number of rotatable bonds is 5. The molecule has 0 aliphatic carbocycles. The number of ether oxygens (including phenoxy) is 1. The Morgan fingerprint density at radius 3 is 2.48 bits per heavy atom. The maximum absolute atomic E-state index is 12.3. The van der Waals surface area contributed by atoms with Crippen LogP contribution in [0, 0.1) is 6.92 Å². The fourth-order valence-electron chi connectivity index (χ4n) is 1.83. The highest BCUT2D eigenvalue weighted by Gasteiger charge is 2.24. The van der Waals surface area contributed by atoms with Crippen molar-refractivity contribution in [3.63, 3.8) is 0 Å². The van der Waals surface area contributed by atoms with Gasteiger partial charge in [-0.3, -0.25) is 4.79 Å². The summed E-state index contributed by atoms with van der Waals surface area (Å²) in [4.78, 5) is 12.1. The molecule has 0 heterocycles. The molecule has 0 aliphatic heterocycles. The van der Waals surface area contributed by atoms with Crippen molar-refractivity contribution in [3.05, 3.63) is 28.3 Å². The summed E-state index contributed by atoms with van der Waals surface area (Å²) in [5.41, 5.74) is 0.0352. The third-order valence-corrected chi connectivity index (χ3v) is 4.13. The first-order chi connectivity index (χ1) is 9.48. The van der Waals surface area contributed by atoms with E-state index in [1.54, 1.807) is 20.8 Å². The minimum absolute atomic E-state index is 0.163. The van der Waals surface area contributed by atoms with Gasteiger partial charge in [-0.1, -0.05) is 11.6 Å². The fraction of sp³-hybridized carbons (Fsp3) is 0.462. The summed E-state index contributed by atoms with van der Waals surface area (Å²) in [5, 5.41) is 8.01. The normalized spacial score (nSPS) is 12.3. The van der Waals surface area contributed by atoms with E-state index in [4.69, 9.17) is 21.5 Å². The predicted octanol–water partition coefficient (Wildman–Crippen LogP) is 1.45. The molecule has 21 heavy (non-hydrogen) atoms. The highest BCUT2D eigenvalue weighted by Crippen LogP contribution is 2.24. The fourth-order valence-corrected chi connectivity index (χ4v) is 2.67. The molecule has 1 aromatic carbocycles. The number of benzene rings is 1. The zero-order valence-corrected chi connectivity index (χ0v) is 13.9. The van der Waals surface area contributed by atoms with Gasteiger partial charge in [0.2, 0.25) is 10.0 Å². The Kier molecular flexibility index (Phi) is 5.38. The van der Waals surface area contributed by atoms with Gasteiger partial charge in [0.15, 0.2) is 0 Å². The zero-order valence-electron chi connectivity index (χ0n) is 12.4. The van der Waals surface area contributed by atoms with Crippen LogP contribution in [-0.2, 0) is 14.8 Å². The first-order valence-electron chi connectivity index (χ1n) is 6.12. The first-order valence-corrected chi connectivity index (χ1v) is 8.05. The van der Waals surface area contributed by atoms with Crippen molar-refractivity contribution in [1.29, 1.82) is 0 Å². The molecule has 0 atom stereocenters. The van der Waals surface area contributed by atoms with E-state index in [1.807, 2.05) is 0 Å². The Morgan fingerprint density at radius 2 is 2.00 bits per heavy atom. The molecule has 1 amide bonds. The molecule has 0 bridgehead atoms. The maximum Gasteiger partial charge on any atom is 0.252 e. The lowest BCUT2D eigenvalue weighted by molar-refractivity contribution is 0.0819. The number of amides is 1. The molecule has 8 heteroatoms. The summed E-state index contributed by atoms with van der Waals surface area (Å²) >= 11 is 5.98. The molecule has 0 spiro atoms. The molecule has 0 radical (unpaired) electrons. The highest BCUT2D eigenvalue weighted by molar-refractivity contribution is 7.89. The van der Waals surface area contributed by atoms with Crippen LogP contribution in [0.5, 0.6) is 0 Å². The van der Waals surface area contributed by atoms with Crippen molar-refractivity contribution in [2.24, 2.45) is 5.14 Å². The van der Waals surface area contributed by atoms with E-state index in [2.05, 4.69) is 5.32 Å². The number of hydrogen-bond acceptors (Lipinski definition) is 4. The lowest BCUT2D eigenvalue weighted by atomic mass is 10.0. The van der Waals surface area contributed by atoms with Gasteiger partial charge in [0.25, 0.3) is 5.91 Å². The largest absolute Gasteiger partial charge is 0.382 e. The van der Waals surface area contributed by atoms with Gasteiger partial charge in [-0.15, -0.1) is 0 Å². The molecule has 0 fully saturated rings. The number of carbonyl (C=O) groups excluding carboxylic acids is 1. The van der Waals surface area contributed by atoms with Crippen LogP contribution in [0.3, 0.4) is 0 Å². The van der Waals surface area contributed by atoms with Crippen LogP contribution in [0.4, 0.5) is 0 Å². The van der Waals surface area contributed by atoms with Crippen LogP contribution in [0.1, 0.15) is 29.8 Å². The van der Waals surface area contributed by atoms with Crippen molar-refractivity contribution in [2.75, 3.05) is 13.7 Å². The van der Waals surface area contributed by atoms with Gasteiger partial charge >= 0.3 is 0 Å². The van der Waals surface area contributed by atoms with E-state index in [0.717, 1.165) is 0 Å². The van der Waals surface area contributed by atoms with Crippen molar-refractivity contribution in [1.82, 2.24) is 5.32 Å². The Labute approximate surface area is 129 Å². The van der Waals surface area contributed by atoms with Crippen molar-refractivity contribution < 1.29 is 17.9 Å². The van der Waals surface area contributed by atoms with E-state index < -0.39 is 21.5 Å². The van der Waals surface area contributed by atoms with Crippen LogP contribution in [0.15, 0.2) is 17.0 Å². The average Bonchev–Trinajstić information content (AvgIpc) is 2.29. The molecule has 1 aromatic rings. The van der Waals surface area contributed by atoms with E-state index in [9.17, 15) is 13.2 Å². The molecule has 3 N–H and O–H groups in total. The lowest BCUT2D eigenvalue weighted by Crippen LogP contribution is -2.47. The number of hydrogen-bond donors (Lipinski definition) is 2. The van der Waals surface area contributed by atoms with Gasteiger partial charge in [0.1, 0.15) is 0 Å². The van der Waals surface area contributed by atoms with E-state index in [1.165, 1.54) is 19.2 Å². The Balaban J connectivity index is 3.24. The van der Waals surface area contributed by atoms with Crippen molar-refractivity contribution >= 4 is 27.5 Å². The highest BCUT2D eigenvalue weighted by atomic mass is 35.5. The molecule has 118 valence electrons. The second-order valence-electron chi connectivity index (χ2n) is 5.39. The van der Waals surface area contributed by atoms with Crippen LogP contribution >= 0.6 is 11.6 Å². The molecule has 0 saturated heterocycles. The standard InChI is InChI=1S/C13H19ClN2O4S/c1-8-10(12(17)16-13(2,3)7-20-4)5-9(6-11(8)14)21(15,18)19/h5-6H,7H2,1-4H3,(H,16,17)(H2,15,18,19). The molecular formula is C13H19ClN2O4S. The van der Waals surface area contributed by atoms with Gasteiger partial charge in [0, 0.05) is 17.7 Å². The Hall–Kier alpha value is -1.15. The minimum Gasteiger partial charge on any atom is -0.382 e. The third-order valence-electron chi connectivity index (χ3n) is 2.85. The van der Waals surface area contributed by atoms with Crippen LogP contribution < -0.4 is 10.5 Å². The topological polar surface area (TPSA) is 98.5 Å². The molecular weight excluding hydrogens is 316 g/mol. The lowest BCUT2D eigenvalue weighted by Gasteiger charge is -2.25. The Bertz CT molecular complexity index is 656. The summed E-state index contributed by atoms with van der Waals surface area (Å²) in [7, 11) is -2.42. The van der Waals surface area contributed by atoms with E-state index >= 15 is 0 Å². The smallest absolute Gasteiger partial charge is 0.252 e. The zero-order chi connectivity index (χ0) is 16.4. The molecule has 0 aliphatic rings. The second-order valence-corrected chi connectivity index (χ2v) is 7.36. The van der Waals surface area contributed by atoms with Crippen molar-refractivity contribution in [3.8, 4) is 0 Å². The van der Waals surface area contributed by atoms with Crippen LogP contribution in [0.25, 0.3) is 0 Å². The number of nitrogens with one attached hydrogen (secondary N) is 1. The van der Waals surface area contributed by atoms with E-state index in [0.29, 0.717) is 12.2 Å². The van der Waals surface area contributed by atoms with Crippen molar-refractivity contribution in [2.45, 2.75) is 31.2 Å². The first kappa shape index (κ1) is 17.9. The predicted molar refractivity (Wildman–Crippen MR) is 81.0 cm³/mol. The number of sulfonamides is 1.